The molecule has 0 rings (SSSR count). The van der Waals surface area contributed by atoms with Gasteiger partial charge in [0.1, 0.15) is 12.1 Å². The fourth-order valence-electron chi connectivity index (χ4n) is 0.697. The van der Waals surface area contributed by atoms with Gasteiger partial charge in [-0.15, -0.1) is 0 Å². The molecule has 0 spiro atoms. The molecule has 16 heavy (non-hydrogen) atoms. The highest BCUT2D eigenvalue weighted by Crippen LogP contribution is 2.33. The largest absolute Gasteiger partial charge is 0.480 e. The molecular weight excluding hydrogens is 252 g/mol. The lowest BCUT2D eigenvalue weighted by Gasteiger charge is -2.19. The van der Waals surface area contributed by atoms with Crippen LogP contribution in [-0.4, -0.2) is 44.7 Å². The Kier molecular flexibility index (Phi) is 6.81. The van der Waals surface area contributed by atoms with Crippen LogP contribution in [0.25, 0.3) is 0 Å². The van der Waals surface area contributed by atoms with Crippen molar-refractivity contribution < 1.29 is 19.8 Å². The zero-order valence-corrected chi connectivity index (χ0v) is 10.6. The van der Waals surface area contributed by atoms with Crippen molar-refractivity contribution >= 4 is 33.5 Å². The molecule has 2 unspecified atom stereocenters. The third-order valence-electron chi connectivity index (χ3n) is 1.94. The molecule has 94 valence electrons. The van der Waals surface area contributed by atoms with E-state index < -0.39 is 24.0 Å². The summed E-state index contributed by atoms with van der Waals surface area (Å²) in [6.45, 7) is 3.35. The molecule has 0 heterocycles. The first-order valence-corrected chi connectivity index (χ1v) is 6.84. The molecule has 8 heteroatoms. The van der Waals surface area contributed by atoms with E-state index >= 15 is 0 Å². The van der Waals surface area contributed by atoms with Crippen molar-refractivity contribution in [1.29, 1.82) is 0 Å². The molecule has 6 nitrogen and oxygen atoms in total. The van der Waals surface area contributed by atoms with Crippen molar-refractivity contribution in [3.05, 3.63) is 0 Å². The fraction of sp³-hybridized carbons (Fsp3) is 0.750. The Hall–Kier alpha value is -0.440. The summed E-state index contributed by atoms with van der Waals surface area (Å²) in [6.07, 6.45) is 0. The van der Waals surface area contributed by atoms with Crippen molar-refractivity contribution in [3.8, 4) is 0 Å². The van der Waals surface area contributed by atoms with Gasteiger partial charge in [0, 0.05) is 10.5 Å². The Morgan fingerprint density at radius 1 is 0.938 bits per heavy atom. The molecule has 0 aliphatic carbocycles. The lowest BCUT2D eigenvalue weighted by molar-refractivity contribution is -0.139. The first-order chi connectivity index (χ1) is 7.27. The molecule has 0 saturated heterocycles. The van der Waals surface area contributed by atoms with Gasteiger partial charge in [0.25, 0.3) is 0 Å². The minimum atomic E-state index is -1.07. The predicted molar refractivity (Wildman–Crippen MR) is 65.3 cm³/mol. The highest BCUT2D eigenvalue weighted by atomic mass is 33.1. The standard InChI is InChI=1S/C8H16N2O4S2/c1-3(5(9)7(11)12)15-16-4(2)6(10)8(13)14/h3-6H,9-10H2,1-2H3,(H,11,12)(H,13,14)/t3?,4?,5-,6-/m0/s1. The number of hydrogen-bond donors (Lipinski definition) is 4. The van der Waals surface area contributed by atoms with Crippen molar-refractivity contribution in [3.63, 3.8) is 0 Å². The summed E-state index contributed by atoms with van der Waals surface area (Å²) in [5.41, 5.74) is 10.8. The normalized spacial score (nSPS) is 18.5. The van der Waals surface area contributed by atoms with Crippen LogP contribution < -0.4 is 11.5 Å². The van der Waals surface area contributed by atoms with E-state index in [0.717, 1.165) is 0 Å². The van der Waals surface area contributed by atoms with Crippen LogP contribution in [0.15, 0.2) is 0 Å². The van der Waals surface area contributed by atoms with E-state index in [1.807, 2.05) is 0 Å². The number of aliphatic carboxylic acids is 2. The topological polar surface area (TPSA) is 127 Å². The number of carbonyl (C=O) groups is 2. The smallest absolute Gasteiger partial charge is 0.321 e. The second kappa shape index (κ2) is 7.00. The zero-order valence-electron chi connectivity index (χ0n) is 8.99. The molecule has 0 radical (unpaired) electrons. The van der Waals surface area contributed by atoms with Crippen LogP contribution in [-0.2, 0) is 9.59 Å². The summed E-state index contributed by atoms with van der Waals surface area (Å²) < 4.78 is 0. The van der Waals surface area contributed by atoms with Gasteiger partial charge in [-0.3, -0.25) is 9.59 Å². The summed E-state index contributed by atoms with van der Waals surface area (Å²) in [4.78, 5) is 21.1. The minimum Gasteiger partial charge on any atom is -0.480 e. The monoisotopic (exact) mass is 268 g/mol. The lowest BCUT2D eigenvalue weighted by Crippen LogP contribution is -2.40. The van der Waals surface area contributed by atoms with Crippen molar-refractivity contribution in [1.82, 2.24) is 0 Å². The summed E-state index contributed by atoms with van der Waals surface area (Å²) in [5, 5.41) is 16.7. The van der Waals surface area contributed by atoms with E-state index in [-0.39, 0.29) is 10.5 Å². The average Bonchev–Trinajstić information content (AvgIpc) is 2.22. The molecule has 0 aromatic heterocycles. The first-order valence-electron chi connectivity index (χ1n) is 4.56. The molecule has 0 aromatic rings. The van der Waals surface area contributed by atoms with Crippen molar-refractivity contribution in [2.45, 2.75) is 36.4 Å². The number of carboxylic acid groups (broad SMARTS) is 2. The van der Waals surface area contributed by atoms with E-state index in [0.29, 0.717) is 0 Å². The fourth-order valence-corrected chi connectivity index (χ4v) is 3.29. The Labute approximate surface area is 102 Å². The first kappa shape index (κ1) is 15.6. The van der Waals surface area contributed by atoms with E-state index in [4.69, 9.17) is 21.7 Å². The zero-order chi connectivity index (χ0) is 12.9. The number of rotatable bonds is 7. The molecule has 0 fully saturated rings. The van der Waals surface area contributed by atoms with Crippen LogP contribution in [0.4, 0.5) is 0 Å². The summed E-state index contributed by atoms with van der Waals surface area (Å²) in [5.74, 6) is -2.15. The Bertz CT molecular complexity index is 238. The van der Waals surface area contributed by atoms with Crippen LogP contribution in [0.3, 0.4) is 0 Å². The average molecular weight is 268 g/mol. The molecule has 0 bridgehead atoms. The lowest BCUT2D eigenvalue weighted by atomic mass is 10.2. The number of carboxylic acids is 2. The Morgan fingerprint density at radius 3 is 1.38 bits per heavy atom. The van der Waals surface area contributed by atoms with Gasteiger partial charge in [0.15, 0.2) is 0 Å². The number of nitrogens with two attached hydrogens (primary N) is 2. The van der Waals surface area contributed by atoms with Gasteiger partial charge in [-0.05, 0) is 0 Å². The highest BCUT2D eigenvalue weighted by molar-refractivity contribution is 8.77. The third-order valence-corrected chi connectivity index (χ3v) is 5.40. The SMILES string of the molecule is CC(SSC(C)[C@H](N)C(=O)O)[C@H](N)C(=O)O. The van der Waals surface area contributed by atoms with Crippen LogP contribution in [0.2, 0.25) is 0 Å². The second-order valence-electron chi connectivity index (χ2n) is 3.33. The molecule has 0 aliphatic heterocycles. The van der Waals surface area contributed by atoms with E-state index in [1.54, 1.807) is 13.8 Å². The van der Waals surface area contributed by atoms with Crippen LogP contribution in [0.1, 0.15) is 13.8 Å². The molecular formula is C8H16N2O4S2. The molecule has 0 amide bonds. The Morgan fingerprint density at radius 2 is 1.19 bits per heavy atom. The van der Waals surface area contributed by atoms with Crippen molar-refractivity contribution in [2.24, 2.45) is 11.5 Å². The second-order valence-corrected chi connectivity index (χ2v) is 6.36. The summed E-state index contributed by atoms with van der Waals surface area (Å²) in [6, 6.07) is -1.93. The van der Waals surface area contributed by atoms with Gasteiger partial charge in [-0.2, -0.15) is 0 Å². The quantitative estimate of drug-likeness (QED) is 0.474. The minimum absolute atomic E-state index is 0.314. The van der Waals surface area contributed by atoms with Gasteiger partial charge in [-0.1, -0.05) is 35.4 Å². The molecule has 4 atom stereocenters. The maximum atomic E-state index is 10.6. The molecule has 6 N–H and O–H groups in total. The van der Waals surface area contributed by atoms with Crippen molar-refractivity contribution in [2.75, 3.05) is 0 Å². The van der Waals surface area contributed by atoms with Gasteiger partial charge < -0.3 is 21.7 Å². The molecule has 0 aromatic carbocycles. The summed E-state index contributed by atoms with van der Waals surface area (Å²) in [7, 11) is 2.47. The Balaban J connectivity index is 4.05. The van der Waals surface area contributed by atoms with Gasteiger partial charge in [0.2, 0.25) is 0 Å². The van der Waals surface area contributed by atoms with Crippen LogP contribution in [0, 0.1) is 0 Å². The number of hydrogen-bond acceptors (Lipinski definition) is 6. The van der Waals surface area contributed by atoms with E-state index in [2.05, 4.69) is 0 Å². The van der Waals surface area contributed by atoms with Gasteiger partial charge in [-0.25, -0.2) is 0 Å². The van der Waals surface area contributed by atoms with E-state index in [1.165, 1.54) is 21.6 Å². The summed E-state index contributed by atoms with van der Waals surface area (Å²) >= 11 is 0. The molecule has 0 aliphatic rings. The maximum absolute atomic E-state index is 10.6. The van der Waals surface area contributed by atoms with Gasteiger partial charge >= 0.3 is 11.9 Å². The van der Waals surface area contributed by atoms with E-state index in [9.17, 15) is 9.59 Å². The van der Waals surface area contributed by atoms with Gasteiger partial charge in [0.05, 0.1) is 0 Å². The van der Waals surface area contributed by atoms with Crippen LogP contribution in [0.5, 0.6) is 0 Å². The van der Waals surface area contributed by atoms with Crippen LogP contribution >= 0.6 is 21.6 Å². The predicted octanol–water partition coefficient (Wildman–Crippen LogP) is -0.0314. The third kappa shape index (κ3) is 5.06. The maximum Gasteiger partial charge on any atom is 0.321 e. The highest BCUT2D eigenvalue weighted by Gasteiger charge is 2.25. The molecule has 0 saturated carbocycles.